The summed E-state index contributed by atoms with van der Waals surface area (Å²) in [6.45, 7) is 2.61. The summed E-state index contributed by atoms with van der Waals surface area (Å²) >= 11 is 0. The zero-order valence-electron chi connectivity index (χ0n) is 12.8. The van der Waals surface area contributed by atoms with Crippen LogP contribution in [-0.4, -0.2) is 24.9 Å². The summed E-state index contributed by atoms with van der Waals surface area (Å²) in [5, 5.41) is 3.03. The second-order valence-corrected chi connectivity index (χ2v) is 5.48. The number of carbonyl (C=O) groups excluding carboxylic acids is 1. The van der Waals surface area contributed by atoms with Crippen LogP contribution in [-0.2, 0) is 11.3 Å². The van der Waals surface area contributed by atoms with Crippen molar-refractivity contribution in [3.63, 3.8) is 0 Å². The number of likely N-dealkylation sites (N-methyl/N-ethyl adjacent to an activating group) is 1. The summed E-state index contributed by atoms with van der Waals surface area (Å²) in [6.07, 6.45) is 0. The van der Waals surface area contributed by atoms with Crippen LogP contribution in [0.1, 0.15) is 22.7 Å². The molecule has 3 nitrogen and oxygen atoms in total. The lowest BCUT2D eigenvalue weighted by molar-refractivity contribution is -0.125. The van der Waals surface area contributed by atoms with E-state index in [1.807, 2.05) is 61.5 Å². The maximum absolute atomic E-state index is 12.5. The van der Waals surface area contributed by atoms with E-state index in [1.165, 1.54) is 5.56 Å². The van der Waals surface area contributed by atoms with Gasteiger partial charge in [0.15, 0.2) is 0 Å². The Bertz CT molecular complexity index is 593. The zero-order valence-corrected chi connectivity index (χ0v) is 12.8. The minimum absolute atomic E-state index is 0.0210. The predicted octanol–water partition coefficient (Wildman–Crippen LogP) is 2.91. The van der Waals surface area contributed by atoms with Gasteiger partial charge in [0.25, 0.3) is 0 Å². The van der Waals surface area contributed by atoms with Crippen LogP contribution in [0, 0.1) is 6.92 Å². The van der Waals surface area contributed by atoms with Crippen LogP contribution < -0.4 is 5.32 Å². The molecule has 2 aromatic carbocycles. The number of nitrogens with zero attached hydrogens (tertiary/aromatic N) is 1. The van der Waals surface area contributed by atoms with Crippen LogP contribution in [0.2, 0.25) is 0 Å². The monoisotopic (exact) mass is 282 g/mol. The number of carbonyl (C=O) groups is 1. The van der Waals surface area contributed by atoms with Crippen molar-refractivity contribution in [2.75, 3.05) is 14.1 Å². The summed E-state index contributed by atoms with van der Waals surface area (Å²) in [6, 6.07) is 17.8. The average Bonchev–Trinajstić information content (AvgIpc) is 2.46. The van der Waals surface area contributed by atoms with Crippen LogP contribution in [0.15, 0.2) is 54.6 Å². The van der Waals surface area contributed by atoms with E-state index in [1.54, 1.807) is 0 Å². The molecule has 0 spiro atoms. The molecule has 0 radical (unpaired) electrons. The maximum atomic E-state index is 12.5. The first-order chi connectivity index (χ1) is 10.1. The van der Waals surface area contributed by atoms with E-state index < -0.39 is 0 Å². The second kappa shape index (κ2) is 7.04. The summed E-state index contributed by atoms with van der Waals surface area (Å²) in [4.78, 5) is 14.4. The molecule has 1 N–H and O–H groups in total. The Hall–Kier alpha value is -2.13. The summed E-state index contributed by atoms with van der Waals surface area (Å²) in [5.74, 6) is 0.0210. The fraction of sp³-hybridized carbons (Fsp3) is 0.278. The van der Waals surface area contributed by atoms with Crippen LogP contribution in [0.5, 0.6) is 0 Å². The van der Waals surface area contributed by atoms with Crippen LogP contribution >= 0.6 is 0 Å². The SMILES string of the molecule is Cc1cccc(CNC(=O)C(c2ccccc2)N(C)C)c1. The number of amides is 1. The summed E-state index contributed by atoms with van der Waals surface area (Å²) in [7, 11) is 3.84. The van der Waals surface area contributed by atoms with E-state index in [9.17, 15) is 4.79 Å². The molecule has 3 heteroatoms. The highest BCUT2D eigenvalue weighted by atomic mass is 16.2. The van der Waals surface area contributed by atoms with Crippen molar-refractivity contribution in [2.24, 2.45) is 0 Å². The molecule has 0 bridgehead atoms. The van der Waals surface area contributed by atoms with Gasteiger partial charge < -0.3 is 5.32 Å². The van der Waals surface area contributed by atoms with Gasteiger partial charge in [0, 0.05) is 6.54 Å². The van der Waals surface area contributed by atoms with Gasteiger partial charge in [-0.05, 0) is 32.1 Å². The quantitative estimate of drug-likeness (QED) is 0.914. The van der Waals surface area contributed by atoms with E-state index >= 15 is 0 Å². The van der Waals surface area contributed by atoms with Gasteiger partial charge in [0.05, 0.1) is 0 Å². The van der Waals surface area contributed by atoms with Crippen LogP contribution in [0.25, 0.3) is 0 Å². The minimum atomic E-state index is -0.268. The fourth-order valence-electron chi connectivity index (χ4n) is 2.43. The lowest BCUT2D eigenvalue weighted by Gasteiger charge is -2.23. The van der Waals surface area contributed by atoms with Crippen molar-refractivity contribution in [3.8, 4) is 0 Å². The molecule has 21 heavy (non-hydrogen) atoms. The van der Waals surface area contributed by atoms with Gasteiger partial charge >= 0.3 is 0 Å². The average molecular weight is 282 g/mol. The molecular weight excluding hydrogens is 260 g/mol. The molecule has 1 amide bonds. The molecule has 0 aliphatic heterocycles. The number of rotatable bonds is 5. The number of hydrogen-bond acceptors (Lipinski definition) is 2. The topological polar surface area (TPSA) is 32.3 Å². The standard InChI is InChI=1S/C18H22N2O/c1-14-8-7-9-15(12-14)13-19-18(21)17(20(2)3)16-10-5-4-6-11-16/h4-12,17H,13H2,1-3H3,(H,19,21). The molecule has 0 saturated carbocycles. The molecule has 0 aliphatic carbocycles. The molecule has 0 fully saturated rings. The van der Waals surface area contributed by atoms with Gasteiger partial charge in [-0.2, -0.15) is 0 Å². The van der Waals surface area contributed by atoms with Gasteiger partial charge in [0.2, 0.25) is 5.91 Å². The Balaban J connectivity index is 2.06. The highest BCUT2D eigenvalue weighted by molar-refractivity contribution is 5.83. The zero-order chi connectivity index (χ0) is 15.2. The van der Waals surface area contributed by atoms with Crippen molar-refractivity contribution >= 4 is 5.91 Å². The van der Waals surface area contributed by atoms with Crippen molar-refractivity contribution in [3.05, 3.63) is 71.3 Å². The first-order valence-electron chi connectivity index (χ1n) is 7.12. The van der Waals surface area contributed by atoms with E-state index in [0.29, 0.717) is 6.54 Å². The largest absolute Gasteiger partial charge is 0.350 e. The normalized spacial score (nSPS) is 12.2. The lowest BCUT2D eigenvalue weighted by Crippen LogP contribution is -2.36. The Kier molecular flexibility index (Phi) is 5.12. The van der Waals surface area contributed by atoms with Gasteiger partial charge in [-0.15, -0.1) is 0 Å². The first kappa shape index (κ1) is 15.3. The molecule has 0 aromatic heterocycles. The highest BCUT2D eigenvalue weighted by Crippen LogP contribution is 2.18. The Morgan fingerprint density at radius 3 is 2.43 bits per heavy atom. The Morgan fingerprint density at radius 1 is 1.10 bits per heavy atom. The molecule has 0 aliphatic rings. The Morgan fingerprint density at radius 2 is 1.81 bits per heavy atom. The van der Waals surface area contributed by atoms with Crippen LogP contribution in [0.3, 0.4) is 0 Å². The maximum Gasteiger partial charge on any atom is 0.242 e. The lowest BCUT2D eigenvalue weighted by atomic mass is 10.1. The molecular formula is C18H22N2O. The number of nitrogens with one attached hydrogen (secondary N) is 1. The second-order valence-electron chi connectivity index (χ2n) is 5.48. The molecule has 0 saturated heterocycles. The highest BCUT2D eigenvalue weighted by Gasteiger charge is 2.22. The van der Waals surface area contributed by atoms with Crippen LogP contribution in [0.4, 0.5) is 0 Å². The third kappa shape index (κ3) is 4.17. The molecule has 110 valence electrons. The Labute approximate surface area is 126 Å². The van der Waals surface area contributed by atoms with Crippen molar-refractivity contribution in [2.45, 2.75) is 19.5 Å². The predicted molar refractivity (Wildman–Crippen MR) is 85.9 cm³/mol. The van der Waals surface area contributed by atoms with Gasteiger partial charge in [0.1, 0.15) is 6.04 Å². The van der Waals surface area contributed by atoms with Crippen molar-refractivity contribution < 1.29 is 4.79 Å². The molecule has 0 heterocycles. The fourth-order valence-corrected chi connectivity index (χ4v) is 2.43. The van der Waals surface area contributed by atoms with E-state index in [-0.39, 0.29) is 11.9 Å². The van der Waals surface area contributed by atoms with Crippen molar-refractivity contribution in [1.29, 1.82) is 0 Å². The molecule has 1 unspecified atom stereocenters. The molecule has 2 aromatic rings. The van der Waals surface area contributed by atoms with Crippen molar-refractivity contribution in [1.82, 2.24) is 10.2 Å². The van der Waals surface area contributed by atoms with Gasteiger partial charge in [-0.1, -0.05) is 60.2 Å². The molecule has 2 rings (SSSR count). The minimum Gasteiger partial charge on any atom is -0.350 e. The number of benzene rings is 2. The number of hydrogen-bond donors (Lipinski definition) is 1. The number of aryl methyl sites for hydroxylation is 1. The summed E-state index contributed by atoms with van der Waals surface area (Å²) < 4.78 is 0. The third-order valence-corrected chi connectivity index (χ3v) is 3.43. The summed E-state index contributed by atoms with van der Waals surface area (Å²) in [5.41, 5.74) is 3.33. The smallest absolute Gasteiger partial charge is 0.242 e. The van der Waals surface area contributed by atoms with E-state index in [4.69, 9.17) is 0 Å². The van der Waals surface area contributed by atoms with E-state index in [2.05, 4.69) is 24.4 Å². The first-order valence-corrected chi connectivity index (χ1v) is 7.12. The van der Waals surface area contributed by atoms with Gasteiger partial charge in [-0.3, -0.25) is 9.69 Å². The third-order valence-electron chi connectivity index (χ3n) is 3.43. The molecule has 1 atom stereocenters. The van der Waals surface area contributed by atoms with E-state index in [0.717, 1.165) is 11.1 Å². The van der Waals surface area contributed by atoms with Gasteiger partial charge in [-0.25, -0.2) is 0 Å².